The number of hydrogen-bond acceptors (Lipinski definition) is 4. The van der Waals surface area contributed by atoms with Gasteiger partial charge >= 0.3 is 0 Å². The van der Waals surface area contributed by atoms with Crippen LogP contribution in [0.1, 0.15) is 17.5 Å². The Morgan fingerprint density at radius 1 is 1.26 bits per heavy atom. The lowest BCUT2D eigenvalue weighted by Crippen LogP contribution is -2.66. The van der Waals surface area contributed by atoms with E-state index < -0.39 is 0 Å². The minimum absolute atomic E-state index is 0.0577. The van der Waals surface area contributed by atoms with Crippen LogP contribution in [0, 0.1) is 11.7 Å². The second-order valence-electron chi connectivity index (χ2n) is 7.29. The van der Waals surface area contributed by atoms with Crippen molar-refractivity contribution < 1.29 is 18.7 Å². The standard InChI is InChI=1S/C21H23FN2O3/c22-19-4-2-1-3-17(19)11-20(25)24-14-21(15-24)18(7-10-27-21)13-26-12-16-5-8-23-9-6-16/h1-6,8-9,18H,7,10-15H2/t18-/m1/s1. The molecule has 5 nitrogen and oxygen atoms in total. The predicted octanol–water partition coefficient (Wildman–Crippen LogP) is 2.60. The van der Waals surface area contributed by atoms with Crippen LogP contribution in [-0.2, 0) is 27.3 Å². The first-order valence-corrected chi connectivity index (χ1v) is 9.28. The van der Waals surface area contributed by atoms with Crippen molar-refractivity contribution in [2.24, 2.45) is 5.92 Å². The van der Waals surface area contributed by atoms with E-state index in [2.05, 4.69) is 4.98 Å². The molecule has 2 aliphatic heterocycles. The molecule has 1 amide bonds. The van der Waals surface area contributed by atoms with Crippen molar-refractivity contribution in [1.29, 1.82) is 0 Å². The molecular formula is C21H23FN2O3. The number of pyridine rings is 1. The van der Waals surface area contributed by atoms with E-state index in [0.29, 0.717) is 38.5 Å². The molecule has 142 valence electrons. The molecule has 1 aromatic heterocycles. The van der Waals surface area contributed by atoms with Gasteiger partial charge in [-0.15, -0.1) is 0 Å². The molecule has 4 rings (SSSR count). The fourth-order valence-electron chi connectivity index (χ4n) is 3.86. The zero-order valence-corrected chi connectivity index (χ0v) is 15.1. The second-order valence-corrected chi connectivity index (χ2v) is 7.29. The van der Waals surface area contributed by atoms with Crippen LogP contribution in [-0.4, -0.2) is 47.7 Å². The Morgan fingerprint density at radius 2 is 2.04 bits per heavy atom. The maximum atomic E-state index is 13.8. The van der Waals surface area contributed by atoms with Crippen molar-refractivity contribution in [3.63, 3.8) is 0 Å². The van der Waals surface area contributed by atoms with Gasteiger partial charge < -0.3 is 14.4 Å². The summed E-state index contributed by atoms with van der Waals surface area (Å²) >= 11 is 0. The summed E-state index contributed by atoms with van der Waals surface area (Å²) in [5.41, 5.74) is 1.23. The third-order valence-corrected chi connectivity index (χ3v) is 5.51. The van der Waals surface area contributed by atoms with E-state index in [1.54, 1.807) is 35.5 Å². The summed E-state index contributed by atoms with van der Waals surface area (Å²) in [6.07, 6.45) is 4.53. The van der Waals surface area contributed by atoms with E-state index >= 15 is 0 Å². The fraction of sp³-hybridized carbons (Fsp3) is 0.429. The number of likely N-dealkylation sites (tertiary alicyclic amines) is 1. The molecule has 0 radical (unpaired) electrons. The molecule has 27 heavy (non-hydrogen) atoms. The van der Waals surface area contributed by atoms with Crippen LogP contribution in [0.25, 0.3) is 0 Å². The van der Waals surface area contributed by atoms with Gasteiger partial charge in [0.1, 0.15) is 11.4 Å². The van der Waals surface area contributed by atoms with E-state index in [-0.39, 0.29) is 29.7 Å². The molecule has 0 unspecified atom stereocenters. The Bertz CT molecular complexity index is 793. The maximum absolute atomic E-state index is 13.8. The van der Waals surface area contributed by atoms with Crippen molar-refractivity contribution in [2.75, 3.05) is 26.3 Å². The maximum Gasteiger partial charge on any atom is 0.227 e. The molecule has 1 spiro atoms. The number of rotatable bonds is 6. The average molecular weight is 370 g/mol. The molecule has 0 aliphatic carbocycles. The van der Waals surface area contributed by atoms with Gasteiger partial charge in [0.15, 0.2) is 0 Å². The summed E-state index contributed by atoms with van der Waals surface area (Å²) in [4.78, 5) is 18.2. The highest BCUT2D eigenvalue weighted by atomic mass is 19.1. The Labute approximate surface area is 158 Å². The number of ether oxygens (including phenoxy) is 2. The van der Waals surface area contributed by atoms with Crippen molar-refractivity contribution in [3.8, 4) is 0 Å². The topological polar surface area (TPSA) is 51.7 Å². The summed E-state index contributed by atoms with van der Waals surface area (Å²) in [5.74, 6) is -0.116. The third kappa shape index (κ3) is 3.87. The summed E-state index contributed by atoms with van der Waals surface area (Å²) in [6, 6.07) is 10.3. The molecule has 6 heteroatoms. The van der Waals surface area contributed by atoms with E-state index in [0.717, 1.165) is 12.0 Å². The number of carbonyl (C=O) groups excluding carboxylic acids is 1. The molecule has 0 bridgehead atoms. The Kier molecular flexibility index (Phi) is 5.18. The number of carbonyl (C=O) groups is 1. The number of amides is 1. The highest BCUT2D eigenvalue weighted by Gasteiger charge is 2.54. The molecule has 0 N–H and O–H groups in total. The molecule has 0 saturated carbocycles. The second kappa shape index (κ2) is 7.74. The van der Waals surface area contributed by atoms with Gasteiger partial charge in [0.2, 0.25) is 5.91 Å². The molecule has 2 saturated heterocycles. The number of benzene rings is 1. The zero-order valence-electron chi connectivity index (χ0n) is 15.1. The first-order chi connectivity index (χ1) is 13.2. The van der Waals surface area contributed by atoms with Crippen LogP contribution in [0.4, 0.5) is 4.39 Å². The first kappa shape index (κ1) is 18.1. The minimum atomic E-state index is -0.333. The van der Waals surface area contributed by atoms with Gasteiger partial charge in [-0.3, -0.25) is 9.78 Å². The highest BCUT2D eigenvalue weighted by molar-refractivity contribution is 5.80. The third-order valence-electron chi connectivity index (χ3n) is 5.51. The first-order valence-electron chi connectivity index (χ1n) is 9.28. The minimum Gasteiger partial charge on any atom is -0.376 e. The largest absolute Gasteiger partial charge is 0.376 e. The van der Waals surface area contributed by atoms with Gasteiger partial charge in [0, 0.05) is 24.9 Å². The zero-order chi connectivity index (χ0) is 18.7. The number of nitrogens with zero attached hydrogens (tertiary/aromatic N) is 2. The van der Waals surface area contributed by atoms with Crippen molar-refractivity contribution in [3.05, 3.63) is 65.7 Å². The Morgan fingerprint density at radius 3 is 2.81 bits per heavy atom. The average Bonchev–Trinajstić information content (AvgIpc) is 3.07. The van der Waals surface area contributed by atoms with Gasteiger partial charge in [0.25, 0.3) is 0 Å². The van der Waals surface area contributed by atoms with Gasteiger partial charge in [-0.05, 0) is 35.7 Å². The van der Waals surface area contributed by atoms with Crippen molar-refractivity contribution in [1.82, 2.24) is 9.88 Å². The molecule has 1 atom stereocenters. The van der Waals surface area contributed by atoms with Crippen LogP contribution in [0.5, 0.6) is 0 Å². The predicted molar refractivity (Wildman–Crippen MR) is 97.4 cm³/mol. The molecule has 2 fully saturated rings. The lowest BCUT2D eigenvalue weighted by molar-refractivity contribution is -0.168. The van der Waals surface area contributed by atoms with E-state index in [1.165, 1.54) is 6.07 Å². The number of hydrogen-bond donors (Lipinski definition) is 0. The number of aromatic nitrogens is 1. The van der Waals surface area contributed by atoms with Crippen LogP contribution >= 0.6 is 0 Å². The summed E-state index contributed by atoms with van der Waals surface area (Å²) < 4.78 is 25.6. The molecule has 2 aliphatic rings. The molecule has 1 aromatic carbocycles. The lowest BCUT2D eigenvalue weighted by atomic mass is 9.81. The summed E-state index contributed by atoms with van der Waals surface area (Å²) in [7, 11) is 0. The van der Waals surface area contributed by atoms with Crippen LogP contribution in [0.2, 0.25) is 0 Å². The van der Waals surface area contributed by atoms with Crippen LogP contribution in [0.15, 0.2) is 48.8 Å². The van der Waals surface area contributed by atoms with Crippen molar-refractivity contribution >= 4 is 5.91 Å². The molecule has 3 heterocycles. The lowest BCUT2D eigenvalue weighted by Gasteiger charge is -2.50. The normalized spacial score (nSPS) is 20.6. The SMILES string of the molecule is O=C(Cc1ccccc1F)N1CC2(C1)OCC[C@@H]2COCc1ccncc1. The Hall–Kier alpha value is -2.31. The number of halogens is 1. The van der Waals surface area contributed by atoms with Gasteiger partial charge in [0.05, 0.1) is 32.7 Å². The van der Waals surface area contributed by atoms with Gasteiger partial charge in [-0.1, -0.05) is 18.2 Å². The van der Waals surface area contributed by atoms with Gasteiger partial charge in [-0.2, -0.15) is 0 Å². The van der Waals surface area contributed by atoms with E-state index in [9.17, 15) is 9.18 Å². The molecular weight excluding hydrogens is 347 g/mol. The Balaban J connectivity index is 1.28. The monoisotopic (exact) mass is 370 g/mol. The summed E-state index contributed by atoms with van der Waals surface area (Å²) in [6.45, 7) is 2.97. The van der Waals surface area contributed by atoms with E-state index in [4.69, 9.17) is 9.47 Å². The fourth-order valence-corrected chi connectivity index (χ4v) is 3.86. The van der Waals surface area contributed by atoms with Crippen molar-refractivity contribution in [2.45, 2.75) is 25.0 Å². The highest BCUT2D eigenvalue weighted by Crippen LogP contribution is 2.40. The van der Waals surface area contributed by atoms with Crippen LogP contribution in [0.3, 0.4) is 0 Å². The van der Waals surface area contributed by atoms with Gasteiger partial charge in [-0.25, -0.2) is 4.39 Å². The molecule has 2 aromatic rings. The quantitative estimate of drug-likeness (QED) is 0.784. The van der Waals surface area contributed by atoms with E-state index in [1.807, 2.05) is 12.1 Å². The smallest absolute Gasteiger partial charge is 0.227 e. The van der Waals surface area contributed by atoms with Crippen LogP contribution < -0.4 is 0 Å². The summed E-state index contributed by atoms with van der Waals surface area (Å²) in [5, 5.41) is 0.